The molecule has 0 bridgehead atoms. The Morgan fingerprint density at radius 3 is 1.62 bits per heavy atom. The molecule has 0 aliphatic carbocycles. The lowest BCUT2D eigenvalue weighted by Gasteiger charge is -2.34. The number of carbonyl (C=O) groups excluding carboxylic acids is 1. The molecule has 4 aromatic rings. The van der Waals surface area contributed by atoms with Crippen LogP contribution in [-0.2, 0) is 64.6 Å². The third-order valence-electron chi connectivity index (χ3n) is 13.3. The Hall–Kier alpha value is -5.95. The van der Waals surface area contributed by atoms with Crippen LogP contribution in [0.4, 0.5) is 17.5 Å². The summed E-state index contributed by atoms with van der Waals surface area (Å²) in [5, 5.41) is 68.3. The predicted octanol–water partition coefficient (Wildman–Crippen LogP) is -9.61. The number of nitrogens with one attached hydrogen (secondary N) is 1. The first-order valence-electron chi connectivity index (χ1n) is 23.9. The van der Waals surface area contributed by atoms with Gasteiger partial charge in [0.25, 0.3) is 29.4 Å². The van der Waals surface area contributed by atoms with Gasteiger partial charge in [-0.1, -0.05) is 0 Å². The Labute approximate surface area is 456 Å². The quantitative estimate of drug-likeness (QED) is 0.0366. The number of hydrogen-bond donors (Lipinski definition) is 11. The fraction of sp³-hybridized carbons (Fsp3) is 0.579. The van der Waals surface area contributed by atoms with Crippen molar-refractivity contribution in [2.45, 2.75) is 110 Å². The first kappa shape index (κ1) is 59.2. The maximum absolute atomic E-state index is 13.8. The van der Waals surface area contributed by atoms with E-state index in [1.807, 2.05) is 0 Å². The Balaban J connectivity index is 0.832. The van der Waals surface area contributed by atoms with Crippen molar-refractivity contribution >= 4 is 70.3 Å². The molecule has 82 heavy (non-hydrogen) atoms. The van der Waals surface area contributed by atoms with E-state index in [0.29, 0.717) is 9.13 Å². The van der Waals surface area contributed by atoms with E-state index in [2.05, 4.69) is 40.2 Å². The number of guanidine groups is 1. The average molecular weight is 1220 g/mol. The highest BCUT2D eigenvalue weighted by Crippen LogP contribution is 2.51. The number of hydrogen-bond acceptors (Lipinski definition) is 37. The summed E-state index contributed by atoms with van der Waals surface area (Å²) >= 11 is 0. The average Bonchev–Trinajstić information content (AvgIpc) is 4.48. The van der Waals surface area contributed by atoms with Crippen LogP contribution in [0.1, 0.15) is 18.7 Å². The van der Waals surface area contributed by atoms with Crippen molar-refractivity contribution in [2.75, 3.05) is 43.6 Å². The number of anilines is 3. The zero-order valence-corrected chi connectivity index (χ0v) is 44.0. The number of ether oxygens (including phenoxy) is 4. The van der Waals surface area contributed by atoms with Crippen LogP contribution < -0.4 is 54.3 Å². The molecule has 4 fully saturated rings. The van der Waals surface area contributed by atoms with Crippen LogP contribution >= 0.6 is 23.5 Å². The summed E-state index contributed by atoms with van der Waals surface area (Å²) in [6.45, 7) is -4.71. The minimum Gasteiger partial charge on any atom is -0.756 e. The van der Waals surface area contributed by atoms with Gasteiger partial charge in [0.2, 0.25) is 0 Å². The summed E-state index contributed by atoms with van der Waals surface area (Å²) in [4.78, 5) is 107. The molecule has 10 heterocycles. The molecule has 5 unspecified atom stereocenters. The van der Waals surface area contributed by atoms with Gasteiger partial charge in [0, 0.05) is 12.4 Å². The van der Waals surface area contributed by atoms with Gasteiger partial charge in [0.1, 0.15) is 96.7 Å². The molecule has 41 nitrogen and oxygen atoms in total. The third kappa shape index (κ3) is 11.8. The SMILES string of the molecule is NC1=NC2C(N=CN2[C@@H]2O[C@H](CO)[C@@H](OP(=O)([O-])OC[C@H]3O[C@@H](n4ccc(N)nc4=O)[C@H](O)[C@@H]3OP(=O)([O-])OC[C@H]3O[C@@H](n4ccc(N)nc4=O)[C@H](O)[C@@H]3OP(=O)([O-])OC[C@H]3O[C@@H](n4cnc5c(N)ncnc54)[C@H](O)[C@@H]3O)[C@H]2O)C(=O)N1. The van der Waals surface area contributed by atoms with Crippen molar-refractivity contribution in [2.24, 2.45) is 15.7 Å². The van der Waals surface area contributed by atoms with Gasteiger partial charge in [-0.25, -0.2) is 29.5 Å². The van der Waals surface area contributed by atoms with Crippen molar-refractivity contribution < 1.29 is 110 Å². The minimum atomic E-state index is -6.01. The number of aliphatic hydroxyl groups is 6. The first-order valence-corrected chi connectivity index (χ1v) is 28.2. The number of nitrogen functional groups attached to an aromatic ring is 3. The number of amides is 1. The van der Waals surface area contributed by atoms with E-state index >= 15 is 0 Å². The van der Waals surface area contributed by atoms with Gasteiger partial charge in [-0.15, -0.1) is 0 Å². The van der Waals surface area contributed by atoms with Gasteiger partial charge in [0.05, 0.1) is 39.1 Å². The normalized spacial score (nSPS) is 35.8. The van der Waals surface area contributed by atoms with Crippen molar-refractivity contribution in [1.29, 1.82) is 0 Å². The molecule has 1 amide bonds. The number of rotatable bonds is 20. The number of imidazole rings is 1. The van der Waals surface area contributed by atoms with E-state index in [1.54, 1.807) is 0 Å². The maximum Gasteiger partial charge on any atom is 0.351 e. The molecule has 15 N–H and O–H groups in total. The lowest BCUT2D eigenvalue weighted by Crippen LogP contribution is -2.57. The Bertz CT molecular complexity index is 3400. The van der Waals surface area contributed by atoms with Gasteiger partial charge in [0.15, 0.2) is 54.5 Å². The summed E-state index contributed by atoms with van der Waals surface area (Å²) in [7, 11) is -17.6. The van der Waals surface area contributed by atoms with Crippen LogP contribution in [0.25, 0.3) is 11.2 Å². The molecule has 6 aliphatic rings. The summed E-state index contributed by atoms with van der Waals surface area (Å²) in [6, 6.07) is 0.998. The first-order chi connectivity index (χ1) is 38.7. The molecule has 10 rings (SSSR count). The number of carbonyl (C=O) groups is 1. The highest BCUT2D eigenvalue weighted by Gasteiger charge is 2.55. The van der Waals surface area contributed by atoms with E-state index in [9.17, 15) is 73.4 Å². The van der Waals surface area contributed by atoms with Crippen molar-refractivity contribution in [3.63, 3.8) is 0 Å². The number of nitrogens with two attached hydrogens (primary N) is 4. The standard InChI is InChI=1S/C38H51N16O25P3/c39-16-1-3-51(37(62)47-16)33-23(59)26(78-80(64,65)70-6-13-20(56)21(57)32(74-13)53-10-45-18-28(41)43-9-44-29(18)53)15(76-33)8-72-82(68,69)79-27-14(75-34(24(27)60)52-4-2-17(40)48-38(52)63)7-71-81(66,67)77-25-12(5-55)73-35(22(25)58)54-11-46-19-30(54)49-36(42)50-31(19)61/h1-4,9-15,19-27,30,32-35,55-60H,5-8H2,(H,64,65)(H,66,67)(H,68,69)(H2,39,47,62)(H2,40,48,63)(H2,41,43,44)(H3,42,49,50,61)/p-3/t12-,13-,14-,15-,19?,20-,21-,22-,23-,24-,25-,26-,27-,30?,32-,33-,34-,35-/m1/s1. The Morgan fingerprint density at radius 2 is 1.10 bits per heavy atom. The fourth-order valence-corrected chi connectivity index (χ4v) is 12.3. The largest absolute Gasteiger partial charge is 0.756 e. The lowest BCUT2D eigenvalue weighted by molar-refractivity contribution is -0.241. The minimum absolute atomic E-state index is 0.0304. The number of phosphoric ester groups is 3. The molecule has 21 atom stereocenters. The van der Waals surface area contributed by atoms with Crippen LogP contribution in [0.15, 0.2) is 56.8 Å². The van der Waals surface area contributed by atoms with E-state index < -0.39 is 178 Å². The zero-order valence-electron chi connectivity index (χ0n) is 41.3. The fourth-order valence-electron chi connectivity index (χ4n) is 9.48. The molecule has 448 valence electrons. The van der Waals surface area contributed by atoms with Gasteiger partial charge in [-0.05, 0) is 12.1 Å². The van der Waals surface area contributed by atoms with Crippen LogP contribution in [-0.4, -0.2) is 210 Å². The van der Waals surface area contributed by atoms with Crippen molar-refractivity contribution in [3.05, 3.63) is 58.1 Å². The van der Waals surface area contributed by atoms with Gasteiger partial charge >= 0.3 is 11.4 Å². The summed E-state index contributed by atoms with van der Waals surface area (Å²) < 4.78 is 96.4. The highest BCUT2D eigenvalue weighted by molar-refractivity contribution is 7.46. The lowest BCUT2D eigenvalue weighted by atomic mass is 10.1. The smallest absolute Gasteiger partial charge is 0.351 e. The molecular formula is C38H48N16O25P3-3. The van der Waals surface area contributed by atoms with Crippen molar-refractivity contribution in [1.82, 2.24) is 48.8 Å². The molecule has 4 saturated heterocycles. The number of aromatic nitrogens is 8. The van der Waals surface area contributed by atoms with E-state index in [0.717, 1.165) is 48.4 Å². The highest BCUT2D eigenvalue weighted by atomic mass is 31.2. The van der Waals surface area contributed by atoms with Gasteiger partial charge in [-0.2, -0.15) is 9.97 Å². The van der Waals surface area contributed by atoms with Crippen LogP contribution in [0.2, 0.25) is 0 Å². The van der Waals surface area contributed by atoms with E-state index in [-0.39, 0.29) is 34.6 Å². The molecule has 0 aromatic carbocycles. The number of phosphoric acid groups is 3. The van der Waals surface area contributed by atoms with E-state index in [1.165, 1.54) is 4.57 Å². The zero-order chi connectivity index (χ0) is 58.9. The molecule has 0 spiro atoms. The summed E-state index contributed by atoms with van der Waals surface area (Å²) in [6.07, 6.45) is -26.6. The number of aliphatic hydroxyl groups excluding tert-OH is 6. The summed E-state index contributed by atoms with van der Waals surface area (Å²) in [5.74, 6) is -1.59. The van der Waals surface area contributed by atoms with Crippen LogP contribution in [0.5, 0.6) is 0 Å². The monoisotopic (exact) mass is 1220 g/mol. The topological polar surface area (TPSA) is 609 Å². The van der Waals surface area contributed by atoms with Crippen LogP contribution in [0.3, 0.4) is 0 Å². The molecule has 0 radical (unpaired) electrons. The second-order valence-electron chi connectivity index (χ2n) is 18.6. The van der Waals surface area contributed by atoms with Gasteiger partial charge < -0.3 is 119 Å². The van der Waals surface area contributed by atoms with Crippen molar-refractivity contribution in [3.8, 4) is 0 Å². The Morgan fingerprint density at radius 1 is 0.622 bits per heavy atom. The summed E-state index contributed by atoms with van der Waals surface area (Å²) in [5.41, 5.74) is 20.6. The number of fused-ring (bicyclic) bond motifs is 2. The number of nitrogens with zero attached hydrogens (tertiary/aromatic N) is 11. The molecule has 0 saturated carbocycles. The molecule has 44 heteroatoms. The maximum atomic E-state index is 13.8. The van der Waals surface area contributed by atoms with Crippen LogP contribution in [0, 0.1) is 0 Å². The molecular weight excluding hydrogens is 1170 g/mol. The molecule has 4 aromatic heterocycles. The number of aliphatic imine (C=N–C) groups is 2. The second kappa shape index (κ2) is 22.9. The van der Waals surface area contributed by atoms with E-state index in [4.69, 9.17) is 69.0 Å². The molecule has 6 aliphatic heterocycles. The third-order valence-corrected chi connectivity index (χ3v) is 16.2. The Kier molecular flexibility index (Phi) is 16.5. The van der Waals surface area contributed by atoms with Gasteiger partial charge in [-0.3, -0.25) is 42.5 Å². The second-order valence-corrected chi connectivity index (χ2v) is 22.7. The predicted molar refractivity (Wildman–Crippen MR) is 256 cm³/mol.